The molecule has 0 saturated heterocycles. The lowest BCUT2D eigenvalue weighted by atomic mass is 10.1. The van der Waals surface area contributed by atoms with Gasteiger partial charge in [0.2, 0.25) is 0 Å². The Kier molecular flexibility index (Phi) is 7.67. The number of aliphatic carboxylic acids is 1. The summed E-state index contributed by atoms with van der Waals surface area (Å²) in [6.07, 6.45) is 0.0420. The number of hydrogen-bond donors (Lipinski definition) is 4. The highest BCUT2D eigenvalue weighted by Crippen LogP contribution is 2.26. The van der Waals surface area contributed by atoms with Crippen LogP contribution in [0.2, 0.25) is 0 Å². The zero-order chi connectivity index (χ0) is 25.0. The average Bonchev–Trinajstić information content (AvgIpc) is 3.40. The maximum absolute atomic E-state index is 14.0. The number of H-pyrrole nitrogens is 1. The molecule has 0 saturated carbocycles. The van der Waals surface area contributed by atoms with Crippen molar-refractivity contribution in [2.45, 2.75) is 51.2 Å². The quantitative estimate of drug-likeness (QED) is 0.411. The molecule has 0 amide bonds. The molecular weight excluding hydrogens is 465 g/mol. The molecule has 3 heterocycles. The topological polar surface area (TPSA) is 116 Å². The van der Waals surface area contributed by atoms with Crippen molar-refractivity contribution >= 4 is 5.97 Å². The summed E-state index contributed by atoms with van der Waals surface area (Å²) in [5.41, 5.74) is 1.52. The fourth-order valence-corrected chi connectivity index (χ4v) is 3.52. The zero-order valence-electron chi connectivity index (χ0n) is 17.9. The van der Waals surface area contributed by atoms with Crippen molar-refractivity contribution in [1.82, 2.24) is 24.8 Å². The molecule has 13 heteroatoms. The lowest BCUT2D eigenvalue weighted by molar-refractivity contribution is -0.192. The van der Waals surface area contributed by atoms with Gasteiger partial charge in [0, 0.05) is 36.8 Å². The van der Waals surface area contributed by atoms with Gasteiger partial charge in [-0.2, -0.15) is 13.2 Å². The number of carboxylic acid groups (broad SMARTS) is 1. The van der Waals surface area contributed by atoms with Gasteiger partial charge in [0.1, 0.15) is 23.3 Å². The fourth-order valence-electron chi connectivity index (χ4n) is 3.52. The lowest BCUT2D eigenvalue weighted by Crippen LogP contribution is -2.39. The number of hydrogen-bond acceptors (Lipinski definition) is 5. The van der Waals surface area contributed by atoms with Gasteiger partial charge in [-0.25, -0.2) is 23.5 Å². The first-order valence-corrected chi connectivity index (χ1v) is 10.2. The minimum atomic E-state index is -5.08. The Labute approximate surface area is 190 Å². The molecule has 2 atom stereocenters. The summed E-state index contributed by atoms with van der Waals surface area (Å²) in [7, 11) is 0. The molecule has 34 heavy (non-hydrogen) atoms. The average molecular weight is 487 g/mol. The molecule has 0 fully saturated rings. The van der Waals surface area contributed by atoms with Crippen LogP contribution in [0.3, 0.4) is 0 Å². The predicted molar refractivity (Wildman–Crippen MR) is 109 cm³/mol. The van der Waals surface area contributed by atoms with E-state index in [4.69, 9.17) is 15.0 Å². The number of aromatic nitrogens is 4. The first-order chi connectivity index (χ1) is 16.0. The Bertz CT molecular complexity index is 1140. The number of aromatic amines is 1. The number of carboxylic acids is 1. The number of benzene rings is 1. The number of aliphatic hydroxyl groups is 1. The Morgan fingerprint density at radius 3 is 2.65 bits per heavy atom. The molecule has 2 unspecified atom stereocenters. The van der Waals surface area contributed by atoms with Gasteiger partial charge in [0.05, 0.1) is 30.2 Å². The van der Waals surface area contributed by atoms with Crippen molar-refractivity contribution in [2.24, 2.45) is 0 Å². The van der Waals surface area contributed by atoms with Crippen LogP contribution in [0.5, 0.6) is 0 Å². The van der Waals surface area contributed by atoms with E-state index in [1.54, 1.807) is 6.20 Å². The number of halogens is 5. The maximum Gasteiger partial charge on any atom is 0.490 e. The number of imidazole rings is 2. The second-order valence-corrected chi connectivity index (χ2v) is 7.70. The number of nitrogens with zero attached hydrogens (tertiary/aromatic N) is 3. The first kappa shape index (κ1) is 25.3. The van der Waals surface area contributed by atoms with Crippen LogP contribution in [0.4, 0.5) is 22.0 Å². The number of alkyl halides is 3. The summed E-state index contributed by atoms with van der Waals surface area (Å²) < 4.78 is 60.9. The number of nitrogens with one attached hydrogen (secondary N) is 2. The molecule has 0 bridgehead atoms. The molecule has 4 rings (SSSR count). The van der Waals surface area contributed by atoms with Crippen molar-refractivity contribution in [3.8, 4) is 11.3 Å². The monoisotopic (exact) mass is 487 g/mol. The Hall–Kier alpha value is -3.32. The highest BCUT2D eigenvalue weighted by atomic mass is 19.4. The Morgan fingerprint density at radius 2 is 2.06 bits per heavy atom. The minimum absolute atomic E-state index is 0.00869. The molecule has 2 aromatic heterocycles. The number of aliphatic hydroxyl groups excluding tert-OH is 1. The molecule has 0 radical (unpaired) electrons. The van der Waals surface area contributed by atoms with Crippen LogP contribution in [-0.4, -0.2) is 47.9 Å². The second-order valence-electron chi connectivity index (χ2n) is 7.70. The van der Waals surface area contributed by atoms with E-state index in [0.717, 1.165) is 30.6 Å². The van der Waals surface area contributed by atoms with Crippen LogP contribution in [0, 0.1) is 11.6 Å². The van der Waals surface area contributed by atoms with E-state index in [1.807, 2.05) is 17.7 Å². The van der Waals surface area contributed by atoms with E-state index < -0.39 is 23.8 Å². The van der Waals surface area contributed by atoms with Crippen molar-refractivity contribution < 1.29 is 37.0 Å². The largest absolute Gasteiger partial charge is 0.490 e. The van der Waals surface area contributed by atoms with Crippen LogP contribution in [0.25, 0.3) is 11.3 Å². The summed E-state index contributed by atoms with van der Waals surface area (Å²) in [5, 5.41) is 19.8. The van der Waals surface area contributed by atoms with Crippen LogP contribution >= 0.6 is 0 Å². The van der Waals surface area contributed by atoms with Crippen LogP contribution in [0.15, 0.2) is 30.6 Å². The lowest BCUT2D eigenvalue weighted by Gasteiger charge is -2.27. The molecule has 184 valence electrons. The van der Waals surface area contributed by atoms with Gasteiger partial charge >= 0.3 is 12.1 Å². The smallest absolute Gasteiger partial charge is 0.475 e. The maximum atomic E-state index is 14.0. The minimum Gasteiger partial charge on any atom is -0.475 e. The first-order valence-electron chi connectivity index (χ1n) is 10.2. The third-order valence-corrected chi connectivity index (χ3v) is 5.16. The fraction of sp³-hybridized carbons (Fsp3) is 0.381. The summed E-state index contributed by atoms with van der Waals surface area (Å²) in [4.78, 5) is 20.8. The van der Waals surface area contributed by atoms with E-state index in [0.29, 0.717) is 23.5 Å². The van der Waals surface area contributed by atoms with E-state index in [-0.39, 0.29) is 18.7 Å². The number of fused-ring (bicyclic) bond motifs is 1. The molecule has 4 N–H and O–H groups in total. The molecule has 0 aliphatic carbocycles. The van der Waals surface area contributed by atoms with Gasteiger partial charge < -0.3 is 25.1 Å². The van der Waals surface area contributed by atoms with Crippen molar-refractivity contribution in [3.05, 3.63) is 59.6 Å². The Morgan fingerprint density at radius 1 is 1.35 bits per heavy atom. The molecule has 1 aliphatic heterocycles. The van der Waals surface area contributed by atoms with Crippen LogP contribution < -0.4 is 5.32 Å². The standard InChI is InChI=1S/C19H21F2N5O.C2HF3O2/c1-11(19-22-7-14(10-27)24-19)23-13-3-5-18-25-17(9-26(18)8-13)15-4-2-12(20)6-16(15)21;3-2(4,5)1(6)7/h2,4,6-7,9,11,13,23,27H,3,5,8,10H2,1H3,(H,22,24);(H,6,7). The molecule has 1 aliphatic rings. The Balaban J connectivity index is 0.000000406. The molecule has 1 aromatic carbocycles. The summed E-state index contributed by atoms with van der Waals surface area (Å²) in [6, 6.07) is 3.77. The van der Waals surface area contributed by atoms with E-state index >= 15 is 0 Å². The van der Waals surface area contributed by atoms with E-state index in [2.05, 4.69) is 20.3 Å². The second kappa shape index (κ2) is 10.3. The van der Waals surface area contributed by atoms with Gasteiger partial charge in [-0.05, 0) is 25.5 Å². The number of rotatable bonds is 5. The van der Waals surface area contributed by atoms with Gasteiger partial charge in [-0.15, -0.1) is 0 Å². The molecule has 0 spiro atoms. The third-order valence-electron chi connectivity index (χ3n) is 5.16. The summed E-state index contributed by atoms with van der Waals surface area (Å²) in [5.74, 6) is -2.27. The summed E-state index contributed by atoms with van der Waals surface area (Å²) in [6.45, 7) is 2.66. The number of aryl methyl sites for hydroxylation is 1. The SMILES string of the molecule is CC(NC1CCc2nc(-c3ccc(F)cc3F)cn2C1)c1ncc(CO)[nH]1.O=C(O)C(F)(F)F. The van der Waals surface area contributed by atoms with Gasteiger partial charge in [0.15, 0.2) is 0 Å². The third kappa shape index (κ3) is 6.17. The normalized spacial score (nSPS) is 16.4. The van der Waals surface area contributed by atoms with Gasteiger partial charge in [-0.1, -0.05) is 0 Å². The van der Waals surface area contributed by atoms with Crippen LogP contribution in [-0.2, 0) is 24.4 Å². The number of carbonyl (C=O) groups is 1. The molecule has 3 aromatic rings. The molecule has 8 nitrogen and oxygen atoms in total. The highest BCUT2D eigenvalue weighted by molar-refractivity contribution is 5.73. The van der Waals surface area contributed by atoms with Crippen molar-refractivity contribution in [2.75, 3.05) is 0 Å². The van der Waals surface area contributed by atoms with Crippen LogP contribution in [0.1, 0.15) is 36.7 Å². The van der Waals surface area contributed by atoms with Gasteiger partial charge in [-0.3, -0.25) is 0 Å². The van der Waals surface area contributed by atoms with Crippen molar-refractivity contribution in [3.63, 3.8) is 0 Å². The van der Waals surface area contributed by atoms with E-state index in [9.17, 15) is 22.0 Å². The molecular formula is C21H22F5N5O3. The van der Waals surface area contributed by atoms with E-state index in [1.165, 1.54) is 12.1 Å². The highest BCUT2D eigenvalue weighted by Gasteiger charge is 2.38. The predicted octanol–water partition coefficient (Wildman–Crippen LogP) is 3.34. The zero-order valence-corrected chi connectivity index (χ0v) is 17.9. The van der Waals surface area contributed by atoms with Gasteiger partial charge in [0.25, 0.3) is 0 Å². The van der Waals surface area contributed by atoms with Crippen molar-refractivity contribution in [1.29, 1.82) is 0 Å². The summed E-state index contributed by atoms with van der Waals surface area (Å²) >= 11 is 0.